The minimum Gasteiger partial charge on any atom is -0.495 e. The Bertz CT molecular complexity index is 1310. The van der Waals surface area contributed by atoms with Gasteiger partial charge in [-0.25, -0.2) is 0 Å². The second-order valence-electron chi connectivity index (χ2n) is 7.44. The third-order valence-electron chi connectivity index (χ3n) is 5.32. The lowest BCUT2D eigenvalue weighted by Gasteiger charge is -2.14. The molecule has 0 aliphatic heterocycles. The highest BCUT2D eigenvalue weighted by Crippen LogP contribution is 2.27. The Morgan fingerprint density at radius 2 is 1.15 bits per heavy atom. The van der Waals surface area contributed by atoms with Gasteiger partial charge in [-0.2, -0.15) is 0 Å². The number of hydrogen-bond acceptors (Lipinski definition) is 4. The Labute approximate surface area is 197 Å². The average molecular weight is 453 g/mol. The Morgan fingerprint density at radius 1 is 0.647 bits per heavy atom. The van der Waals surface area contributed by atoms with E-state index in [0.717, 1.165) is 16.3 Å². The van der Waals surface area contributed by atoms with Crippen LogP contribution in [0.1, 0.15) is 5.56 Å². The molecule has 0 radical (unpaired) electrons. The van der Waals surface area contributed by atoms with Crippen molar-refractivity contribution >= 4 is 40.0 Å². The normalized spacial score (nSPS) is 10.3. The molecule has 0 aromatic heterocycles. The molecule has 4 aromatic carbocycles. The van der Waals surface area contributed by atoms with E-state index in [1.54, 1.807) is 54.6 Å². The summed E-state index contributed by atoms with van der Waals surface area (Å²) >= 11 is 0. The fourth-order valence-corrected chi connectivity index (χ4v) is 3.64. The van der Waals surface area contributed by atoms with Crippen molar-refractivity contribution in [3.63, 3.8) is 0 Å². The van der Waals surface area contributed by atoms with Crippen molar-refractivity contribution in [1.82, 2.24) is 0 Å². The first-order chi connectivity index (χ1) is 16.6. The van der Waals surface area contributed by atoms with Crippen LogP contribution in [0.15, 0.2) is 96.6 Å². The highest BCUT2D eigenvalue weighted by molar-refractivity contribution is 6.29. The highest BCUT2D eigenvalue weighted by atomic mass is 16.5. The number of rotatable bonds is 7. The lowest BCUT2D eigenvalue weighted by molar-refractivity contribution is -0.118. The van der Waals surface area contributed by atoms with Gasteiger partial charge >= 0.3 is 0 Å². The van der Waals surface area contributed by atoms with Crippen molar-refractivity contribution in [3.8, 4) is 11.5 Å². The molecule has 6 nitrogen and oxygen atoms in total. The van der Waals surface area contributed by atoms with E-state index in [1.807, 2.05) is 42.5 Å². The second-order valence-corrected chi connectivity index (χ2v) is 7.44. The second kappa shape index (κ2) is 10.4. The van der Waals surface area contributed by atoms with Crippen LogP contribution in [0.2, 0.25) is 0 Å². The highest BCUT2D eigenvalue weighted by Gasteiger charge is 2.21. The fourth-order valence-electron chi connectivity index (χ4n) is 3.64. The molecule has 2 N–H and O–H groups in total. The number of fused-ring (bicyclic) bond motifs is 1. The zero-order valence-electron chi connectivity index (χ0n) is 18.9. The number of hydrogen-bond donors (Lipinski definition) is 2. The molecule has 0 bridgehead atoms. The summed E-state index contributed by atoms with van der Waals surface area (Å²) in [5, 5.41) is 7.54. The predicted octanol–water partition coefficient (Wildman–Crippen LogP) is 5.52. The zero-order valence-corrected chi connectivity index (χ0v) is 18.9. The van der Waals surface area contributed by atoms with Crippen LogP contribution < -0.4 is 20.1 Å². The Morgan fingerprint density at radius 3 is 1.74 bits per heavy atom. The lowest BCUT2D eigenvalue weighted by Crippen LogP contribution is -2.25. The number of carbonyl (C=O) groups excluding carboxylic acids is 2. The maximum absolute atomic E-state index is 13.4. The summed E-state index contributed by atoms with van der Waals surface area (Å²) in [4.78, 5) is 26.8. The molecular weight excluding hydrogens is 428 g/mol. The molecule has 0 heterocycles. The standard InChI is InChI=1S/C28H24N2O4/c1-33-25-16-7-5-14-23(25)29-27(31)22(28(32)30-24-15-6-8-17-26(24)34-2)18-20-12-9-11-19-10-3-4-13-21(19)20/h3-18H,1-2H3,(H,29,31)(H,30,32). The van der Waals surface area contributed by atoms with Gasteiger partial charge in [0.1, 0.15) is 17.1 Å². The van der Waals surface area contributed by atoms with Crippen LogP contribution in [-0.2, 0) is 9.59 Å². The molecule has 0 aliphatic carbocycles. The number of ether oxygens (including phenoxy) is 2. The van der Waals surface area contributed by atoms with Crippen LogP contribution in [0, 0.1) is 0 Å². The van der Waals surface area contributed by atoms with Crippen molar-refractivity contribution in [2.75, 3.05) is 24.9 Å². The monoisotopic (exact) mass is 452 g/mol. The number of amides is 2. The first-order valence-electron chi connectivity index (χ1n) is 10.7. The average Bonchev–Trinajstić information content (AvgIpc) is 2.87. The molecule has 0 saturated heterocycles. The number of para-hydroxylation sites is 4. The molecule has 0 atom stereocenters. The lowest BCUT2D eigenvalue weighted by atomic mass is 10.0. The summed E-state index contributed by atoms with van der Waals surface area (Å²) in [6.07, 6.45) is 1.60. The molecule has 4 rings (SSSR count). The Hall–Kier alpha value is -4.58. The number of anilines is 2. The predicted molar refractivity (Wildman–Crippen MR) is 135 cm³/mol. The van der Waals surface area contributed by atoms with Crippen LogP contribution in [0.3, 0.4) is 0 Å². The smallest absolute Gasteiger partial charge is 0.261 e. The van der Waals surface area contributed by atoms with Gasteiger partial charge in [0, 0.05) is 0 Å². The molecule has 0 aliphatic rings. The molecule has 0 fully saturated rings. The van der Waals surface area contributed by atoms with Gasteiger partial charge in [-0.1, -0.05) is 66.7 Å². The van der Waals surface area contributed by atoms with Gasteiger partial charge < -0.3 is 20.1 Å². The molecule has 6 heteroatoms. The van der Waals surface area contributed by atoms with Crippen LogP contribution >= 0.6 is 0 Å². The summed E-state index contributed by atoms with van der Waals surface area (Å²) in [6, 6.07) is 27.6. The van der Waals surface area contributed by atoms with Crippen molar-refractivity contribution in [1.29, 1.82) is 0 Å². The van der Waals surface area contributed by atoms with E-state index in [9.17, 15) is 9.59 Å². The van der Waals surface area contributed by atoms with Gasteiger partial charge in [0.25, 0.3) is 11.8 Å². The molecule has 4 aromatic rings. The van der Waals surface area contributed by atoms with Crippen LogP contribution in [-0.4, -0.2) is 26.0 Å². The maximum Gasteiger partial charge on any atom is 0.261 e. The topological polar surface area (TPSA) is 76.7 Å². The molecule has 2 amide bonds. The van der Waals surface area contributed by atoms with Gasteiger partial charge in [0.15, 0.2) is 0 Å². The maximum atomic E-state index is 13.4. The van der Waals surface area contributed by atoms with E-state index in [4.69, 9.17) is 9.47 Å². The van der Waals surface area contributed by atoms with Gasteiger partial charge in [-0.3, -0.25) is 9.59 Å². The van der Waals surface area contributed by atoms with Crippen molar-refractivity contribution < 1.29 is 19.1 Å². The van der Waals surface area contributed by atoms with Crippen LogP contribution in [0.5, 0.6) is 11.5 Å². The Balaban J connectivity index is 1.76. The molecule has 0 unspecified atom stereocenters. The largest absolute Gasteiger partial charge is 0.495 e. The molecule has 170 valence electrons. The van der Waals surface area contributed by atoms with Gasteiger partial charge in [0.05, 0.1) is 25.6 Å². The van der Waals surface area contributed by atoms with E-state index in [-0.39, 0.29) is 5.57 Å². The third-order valence-corrected chi connectivity index (χ3v) is 5.32. The number of carbonyl (C=O) groups is 2. The number of methoxy groups -OCH3 is 2. The van der Waals surface area contributed by atoms with Gasteiger partial charge in [-0.05, 0) is 46.7 Å². The van der Waals surface area contributed by atoms with Gasteiger partial charge in [-0.15, -0.1) is 0 Å². The molecular formula is C28H24N2O4. The SMILES string of the molecule is COc1ccccc1NC(=O)C(=Cc1cccc2ccccc12)C(=O)Nc1ccccc1OC. The minimum atomic E-state index is -0.565. The van der Waals surface area contributed by atoms with E-state index in [2.05, 4.69) is 10.6 Å². The van der Waals surface area contributed by atoms with E-state index in [1.165, 1.54) is 14.2 Å². The van der Waals surface area contributed by atoms with Gasteiger partial charge in [0.2, 0.25) is 0 Å². The third kappa shape index (κ3) is 4.91. The van der Waals surface area contributed by atoms with Crippen LogP contribution in [0.25, 0.3) is 16.8 Å². The molecule has 34 heavy (non-hydrogen) atoms. The minimum absolute atomic E-state index is 0.0619. The summed E-state index contributed by atoms with van der Waals surface area (Å²) in [6.45, 7) is 0. The summed E-state index contributed by atoms with van der Waals surface area (Å²) in [5.41, 5.74) is 1.61. The number of benzene rings is 4. The van der Waals surface area contributed by atoms with Crippen molar-refractivity contribution in [2.24, 2.45) is 0 Å². The summed E-state index contributed by atoms with van der Waals surface area (Å²) < 4.78 is 10.7. The Kier molecular flexibility index (Phi) is 6.89. The van der Waals surface area contributed by atoms with Crippen LogP contribution in [0.4, 0.5) is 11.4 Å². The zero-order chi connectivity index (χ0) is 23.9. The molecule has 0 saturated carbocycles. The van der Waals surface area contributed by atoms with E-state index < -0.39 is 11.8 Å². The first kappa shape index (κ1) is 22.6. The van der Waals surface area contributed by atoms with E-state index in [0.29, 0.717) is 22.9 Å². The van der Waals surface area contributed by atoms with Crippen molar-refractivity contribution in [2.45, 2.75) is 0 Å². The van der Waals surface area contributed by atoms with Crippen molar-refractivity contribution in [3.05, 3.63) is 102 Å². The number of nitrogens with one attached hydrogen (secondary N) is 2. The fraction of sp³-hybridized carbons (Fsp3) is 0.0714. The quantitative estimate of drug-likeness (QED) is 0.220. The first-order valence-corrected chi connectivity index (χ1v) is 10.7. The summed E-state index contributed by atoms with van der Waals surface area (Å²) in [5.74, 6) is -0.148. The molecule has 0 spiro atoms. The summed E-state index contributed by atoms with van der Waals surface area (Å²) in [7, 11) is 3.04. The van der Waals surface area contributed by atoms with E-state index >= 15 is 0 Å².